The lowest BCUT2D eigenvalue weighted by Gasteiger charge is -2.28. The summed E-state index contributed by atoms with van der Waals surface area (Å²) in [5.74, 6) is 2.23. The predicted octanol–water partition coefficient (Wildman–Crippen LogP) is 1.18. The van der Waals surface area contributed by atoms with Crippen molar-refractivity contribution in [2.24, 2.45) is 0 Å². The van der Waals surface area contributed by atoms with E-state index in [0.29, 0.717) is 11.9 Å². The molecule has 4 rings (SSSR count). The molecule has 0 saturated carbocycles. The monoisotopic (exact) mass is 708 g/mol. The Labute approximate surface area is 294 Å². The van der Waals surface area contributed by atoms with E-state index < -0.39 is 0 Å². The standard InChI is InChI=1S/C27H48N24/c1-7-26(5,8-2)50-24-46-20(34-11-32-18-40-14(28)38-15(29)41-18)44-22(48-24)36-13-37-23-45-21(47-25(49-23)51-27(6,9-3)10-4)35-12-33-19-42-16(30)39-17(31)43-19/h7-13H2,1-6H3,(H5,28,29,32,38,40,41)(H5,30,31,33,39,42,43)(H3,34,36,44,46,48,50)(H3,35,37,45,47,49,51). The van der Waals surface area contributed by atoms with E-state index in [1.54, 1.807) is 0 Å². The molecule has 0 bridgehead atoms. The Kier molecular flexibility index (Phi) is 12.4. The van der Waals surface area contributed by atoms with Gasteiger partial charge < -0.3 is 65.5 Å². The second-order valence-electron chi connectivity index (χ2n) is 11.7. The maximum Gasteiger partial charge on any atom is 0.230 e. The van der Waals surface area contributed by atoms with Gasteiger partial charge in [0.05, 0.1) is 20.0 Å². The van der Waals surface area contributed by atoms with Crippen molar-refractivity contribution >= 4 is 71.4 Å². The summed E-state index contributed by atoms with van der Waals surface area (Å²) in [6, 6.07) is 0. The number of hydrogen-bond donors (Lipinski definition) is 12. The van der Waals surface area contributed by atoms with Gasteiger partial charge in [0.2, 0.25) is 71.4 Å². The van der Waals surface area contributed by atoms with Crippen LogP contribution in [-0.4, -0.2) is 90.9 Å². The summed E-state index contributed by atoms with van der Waals surface area (Å²) in [5.41, 5.74) is 22.2. The molecule has 0 aromatic carbocycles. The first kappa shape index (κ1) is 37.5. The van der Waals surface area contributed by atoms with Crippen LogP contribution in [0.25, 0.3) is 0 Å². The van der Waals surface area contributed by atoms with E-state index in [9.17, 15) is 0 Å². The molecule has 51 heavy (non-hydrogen) atoms. The topological polar surface area (TPSA) is 355 Å². The molecular weight excluding hydrogens is 660 g/mol. The third-order valence-electron chi connectivity index (χ3n) is 8.04. The van der Waals surface area contributed by atoms with E-state index in [1.165, 1.54) is 0 Å². The van der Waals surface area contributed by atoms with E-state index in [-0.39, 0.29) is 90.6 Å². The van der Waals surface area contributed by atoms with Crippen molar-refractivity contribution in [1.82, 2.24) is 59.8 Å². The van der Waals surface area contributed by atoms with Crippen LogP contribution in [0, 0.1) is 0 Å². The molecule has 276 valence electrons. The molecule has 0 unspecified atom stereocenters. The second kappa shape index (κ2) is 16.8. The first-order valence-corrected chi connectivity index (χ1v) is 16.4. The quantitative estimate of drug-likeness (QED) is 0.0573. The van der Waals surface area contributed by atoms with Gasteiger partial charge in [-0.25, -0.2) is 0 Å². The molecule has 0 spiro atoms. The SMILES string of the molecule is CCC(C)(CC)Nc1nc(NCNc2nc(N)nc(N)n2)nc(NCNc2nc(NCNc3nc(N)nc(N)n3)nc(NC(C)(CC)CC)n2)n1. The lowest BCUT2D eigenvalue weighted by atomic mass is 9.96. The highest BCUT2D eigenvalue weighted by Crippen LogP contribution is 2.22. The Bertz CT molecular complexity index is 1560. The average Bonchev–Trinajstić information content (AvgIpc) is 3.07. The number of nitrogens with two attached hydrogens (primary N) is 4. The summed E-state index contributed by atoms with van der Waals surface area (Å²) in [4.78, 5) is 50.9. The normalized spacial score (nSPS) is 11.4. The number of nitrogen functional groups attached to an aromatic ring is 4. The summed E-state index contributed by atoms with van der Waals surface area (Å²) in [6.45, 7) is 13.0. The minimum absolute atomic E-state index is 0.00443. The van der Waals surface area contributed by atoms with E-state index in [1.807, 2.05) is 0 Å². The van der Waals surface area contributed by atoms with E-state index in [4.69, 9.17) is 22.9 Å². The zero-order chi connectivity index (χ0) is 37.0. The number of nitrogens with one attached hydrogen (secondary N) is 8. The Balaban J connectivity index is 1.49. The molecule has 24 heteroatoms. The minimum atomic E-state index is -0.243. The van der Waals surface area contributed by atoms with Gasteiger partial charge in [-0.2, -0.15) is 59.8 Å². The fraction of sp³-hybridized carbons (Fsp3) is 0.556. The third kappa shape index (κ3) is 11.4. The molecule has 4 heterocycles. The molecular formula is C27H48N24. The summed E-state index contributed by atoms with van der Waals surface area (Å²) < 4.78 is 0. The summed E-state index contributed by atoms with van der Waals surface area (Å²) >= 11 is 0. The maximum absolute atomic E-state index is 5.67. The molecule has 24 nitrogen and oxygen atoms in total. The van der Waals surface area contributed by atoms with Gasteiger partial charge >= 0.3 is 0 Å². The van der Waals surface area contributed by atoms with Crippen LogP contribution in [0.3, 0.4) is 0 Å². The molecule has 0 aliphatic rings. The maximum atomic E-state index is 5.67. The Morgan fingerprint density at radius 1 is 0.353 bits per heavy atom. The molecule has 0 amide bonds. The van der Waals surface area contributed by atoms with Gasteiger partial charge in [-0.3, -0.25) is 0 Å². The van der Waals surface area contributed by atoms with E-state index in [0.717, 1.165) is 25.7 Å². The summed E-state index contributed by atoms with van der Waals surface area (Å²) in [7, 11) is 0. The lowest BCUT2D eigenvalue weighted by Crippen LogP contribution is -2.34. The van der Waals surface area contributed by atoms with Gasteiger partial charge in [0.25, 0.3) is 0 Å². The van der Waals surface area contributed by atoms with Crippen LogP contribution in [0.15, 0.2) is 0 Å². The molecule has 0 fully saturated rings. The van der Waals surface area contributed by atoms with Gasteiger partial charge in [0, 0.05) is 11.1 Å². The van der Waals surface area contributed by atoms with Crippen molar-refractivity contribution in [3.05, 3.63) is 0 Å². The Morgan fingerprint density at radius 2 is 0.569 bits per heavy atom. The number of nitrogens with zero attached hydrogens (tertiary/aromatic N) is 12. The van der Waals surface area contributed by atoms with Crippen molar-refractivity contribution in [2.45, 2.75) is 78.3 Å². The second-order valence-corrected chi connectivity index (χ2v) is 11.7. The average molecular weight is 709 g/mol. The van der Waals surface area contributed by atoms with Crippen LogP contribution in [0.5, 0.6) is 0 Å². The minimum Gasteiger partial charge on any atom is -0.368 e. The number of anilines is 12. The highest BCUT2D eigenvalue weighted by Gasteiger charge is 2.23. The van der Waals surface area contributed by atoms with Gasteiger partial charge in [0.15, 0.2) is 0 Å². The fourth-order valence-corrected chi connectivity index (χ4v) is 4.16. The van der Waals surface area contributed by atoms with Gasteiger partial charge in [-0.1, -0.05) is 27.7 Å². The number of aromatic nitrogens is 12. The molecule has 4 aromatic rings. The van der Waals surface area contributed by atoms with Crippen molar-refractivity contribution < 1.29 is 0 Å². The number of hydrogen-bond acceptors (Lipinski definition) is 24. The van der Waals surface area contributed by atoms with Gasteiger partial charge in [-0.05, 0) is 39.5 Å². The summed E-state index contributed by atoms with van der Waals surface area (Å²) in [6.07, 6.45) is 3.39. The smallest absolute Gasteiger partial charge is 0.230 e. The van der Waals surface area contributed by atoms with Crippen molar-refractivity contribution in [1.29, 1.82) is 0 Å². The van der Waals surface area contributed by atoms with Crippen LogP contribution in [0.2, 0.25) is 0 Å². The van der Waals surface area contributed by atoms with Crippen LogP contribution in [-0.2, 0) is 0 Å². The molecule has 16 N–H and O–H groups in total. The zero-order valence-corrected chi connectivity index (χ0v) is 29.6. The van der Waals surface area contributed by atoms with Crippen molar-refractivity contribution in [3.63, 3.8) is 0 Å². The molecule has 4 aromatic heterocycles. The highest BCUT2D eigenvalue weighted by atomic mass is 15.3. The molecule has 0 atom stereocenters. The van der Waals surface area contributed by atoms with Crippen molar-refractivity contribution in [3.8, 4) is 0 Å². The van der Waals surface area contributed by atoms with Gasteiger partial charge in [0.1, 0.15) is 0 Å². The first-order chi connectivity index (χ1) is 24.3. The third-order valence-corrected chi connectivity index (χ3v) is 8.04. The van der Waals surface area contributed by atoms with E-state index >= 15 is 0 Å². The number of rotatable bonds is 20. The van der Waals surface area contributed by atoms with Crippen molar-refractivity contribution in [2.75, 3.05) is 85.5 Å². The van der Waals surface area contributed by atoms with Crippen LogP contribution < -0.4 is 65.5 Å². The first-order valence-electron chi connectivity index (χ1n) is 16.4. The molecule has 0 aliphatic heterocycles. The molecule has 0 saturated heterocycles. The fourth-order valence-electron chi connectivity index (χ4n) is 4.16. The highest BCUT2D eigenvalue weighted by molar-refractivity contribution is 5.47. The Morgan fingerprint density at radius 3 is 0.804 bits per heavy atom. The summed E-state index contributed by atoms with van der Waals surface area (Å²) in [5, 5.41) is 25.3. The largest absolute Gasteiger partial charge is 0.368 e. The molecule has 0 radical (unpaired) electrons. The van der Waals surface area contributed by atoms with E-state index in [2.05, 4.69) is 144 Å². The lowest BCUT2D eigenvalue weighted by molar-refractivity contribution is 0.474. The van der Waals surface area contributed by atoms with Crippen LogP contribution in [0.4, 0.5) is 71.4 Å². The van der Waals surface area contributed by atoms with Gasteiger partial charge in [-0.15, -0.1) is 0 Å². The Hall–Kier alpha value is -6.36. The predicted molar refractivity (Wildman–Crippen MR) is 199 cm³/mol. The molecule has 0 aliphatic carbocycles. The van der Waals surface area contributed by atoms with Crippen LogP contribution >= 0.6 is 0 Å². The zero-order valence-electron chi connectivity index (χ0n) is 29.6. The van der Waals surface area contributed by atoms with Crippen LogP contribution in [0.1, 0.15) is 67.2 Å².